The number of aromatic nitrogens is 4. The van der Waals surface area contributed by atoms with E-state index in [9.17, 15) is 27.6 Å². The molecule has 53 heavy (non-hydrogen) atoms. The van der Waals surface area contributed by atoms with E-state index in [4.69, 9.17) is 5.11 Å². The lowest BCUT2D eigenvalue weighted by Gasteiger charge is -2.32. The highest BCUT2D eigenvalue weighted by atomic mass is 19.4. The number of nitrogens with zero attached hydrogens (tertiary/aromatic N) is 7. The van der Waals surface area contributed by atoms with Crippen LogP contribution in [0.3, 0.4) is 0 Å². The number of carbonyl (C=O) groups excluding carboxylic acids is 2. The average Bonchev–Trinajstić information content (AvgIpc) is 3.89. The second-order valence-corrected chi connectivity index (χ2v) is 12.9. The lowest BCUT2D eigenvalue weighted by molar-refractivity contribution is -0.137. The molecule has 0 spiro atoms. The van der Waals surface area contributed by atoms with Crippen LogP contribution in [0, 0.1) is 0 Å². The van der Waals surface area contributed by atoms with Crippen molar-refractivity contribution in [1.82, 2.24) is 28.6 Å². The smallest absolute Gasteiger partial charge is 0.416 e. The van der Waals surface area contributed by atoms with Crippen LogP contribution < -0.4 is 10.2 Å². The van der Waals surface area contributed by atoms with E-state index in [0.29, 0.717) is 47.7 Å². The van der Waals surface area contributed by atoms with Crippen molar-refractivity contribution in [2.24, 2.45) is 0 Å². The number of imidazole rings is 2. The first-order valence-corrected chi connectivity index (χ1v) is 16.9. The number of anilines is 2. The number of pyridine rings is 2. The summed E-state index contributed by atoms with van der Waals surface area (Å²) in [5.74, 6) is -1.76. The zero-order chi connectivity index (χ0) is 37.3. The summed E-state index contributed by atoms with van der Waals surface area (Å²) in [6.45, 7) is 4.01. The number of hydrogen-bond donors (Lipinski definition) is 2. The maximum Gasteiger partial charge on any atom is 0.416 e. The molecule has 6 heterocycles. The van der Waals surface area contributed by atoms with Gasteiger partial charge in [0.2, 0.25) is 0 Å². The second kappa shape index (κ2) is 14.5. The van der Waals surface area contributed by atoms with E-state index in [0.717, 1.165) is 43.9 Å². The molecule has 2 aliphatic rings. The first kappa shape index (κ1) is 35.3. The van der Waals surface area contributed by atoms with Gasteiger partial charge in [0, 0.05) is 68.6 Å². The first-order chi connectivity index (χ1) is 25.4. The van der Waals surface area contributed by atoms with E-state index in [-0.39, 0.29) is 22.9 Å². The van der Waals surface area contributed by atoms with Gasteiger partial charge in [0.05, 0.1) is 18.0 Å². The van der Waals surface area contributed by atoms with Crippen molar-refractivity contribution in [1.29, 1.82) is 0 Å². The Morgan fingerprint density at radius 3 is 2.13 bits per heavy atom. The molecule has 2 aromatic carbocycles. The number of fused-ring (bicyclic) bond motifs is 3. The number of amides is 2. The number of carboxylic acids is 1. The van der Waals surface area contributed by atoms with Crippen molar-refractivity contribution in [3.8, 4) is 0 Å². The monoisotopic (exact) mass is 724 g/mol. The Labute approximate surface area is 301 Å². The number of halogens is 3. The largest absolute Gasteiger partial charge is 0.477 e. The second-order valence-electron chi connectivity index (χ2n) is 12.9. The molecule has 1 fully saturated rings. The van der Waals surface area contributed by atoms with Gasteiger partial charge >= 0.3 is 12.1 Å². The van der Waals surface area contributed by atoms with E-state index in [1.807, 2.05) is 31.3 Å². The molecule has 0 bridgehead atoms. The predicted molar refractivity (Wildman–Crippen MR) is 191 cm³/mol. The quantitative estimate of drug-likeness (QED) is 0.228. The third kappa shape index (κ3) is 7.61. The molecule has 12 nitrogen and oxygen atoms in total. The number of carbonyl (C=O) groups is 3. The molecule has 6 aromatic rings. The van der Waals surface area contributed by atoms with Gasteiger partial charge in [0.25, 0.3) is 11.8 Å². The number of benzene rings is 2. The highest BCUT2D eigenvalue weighted by molar-refractivity contribution is 6.09. The number of alkyl halides is 3. The zero-order valence-electron chi connectivity index (χ0n) is 28.6. The van der Waals surface area contributed by atoms with Gasteiger partial charge in [-0.2, -0.15) is 13.2 Å². The van der Waals surface area contributed by atoms with E-state index >= 15 is 0 Å². The number of piperazine rings is 1. The van der Waals surface area contributed by atoms with E-state index < -0.39 is 23.6 Å². The minimum Gasteiger partial charge on any atom is -0.477 e. The number of carboxylic acid groups (broad SMARTS) is 1. The number of aromatic carboxylic acids is 1. The van der Waals surface area contributed by atoms with Crippen LogP contribution in [-0.2, 0) is 19.1 Å². The molecule has 1 saturated heterocycles. The highest BCUT2D eigenvalue weighted by Crippen LogP contribution is 2.34. The minimum atomic E-state index is -4.55. The van der Waals surface area contributed by atoms with Crippen LogP contribution in [-0.4, -0.2) is 91.2 Å². The van der Waals surface area contributed by atoms with Crippen LogP contribution in [0.1, 0.15) is 48.0 Å². The highest BCUT2D eigenvalue weighted by Gasteiger charge is 2.32. The molecule has 2 amide bonds. The SMILES string of the molecule is CN1CCN(Cc2cc(NC(=O)c3ccc4c(c3)N(C(=O)c3cnc5ccccn35)CC4)cc(C(F)(F)F)c2)CC1.O=C(O)c1cnc2ccccn12. The van der Waals surface area contributed by atoms with Crippen molar-refractivity contribution in [3.63, 3.8) is 0 Å². The summed E-state index contributed by atoms with van der Waals surface area (Å²) < 4.78 is 44.5. The van der Waals surface area contributed by atoms with Crippen molar-refractivity contribution in [2.45, 2.75) is 19.1 Å². The Bertz CT molecular complexity index is 2330. The van der Waals surface area contributed by atoms with Crippen LogP contribution in [0.25, 0.3) is 11.3 Å². The Kier molecular flexibility index (Phi) is 9.68. The van der Waals surface area contributed by atoms with Gasteiger partial charge in [0.15, 0.2) is 5.69 Å². The van der Waals surface area contributed by atoms with Gasteiger partial charge in [-0.15, -0.1) is 0 Å². The first-order valence-electron chi connectivity index (χ1n) is 16.9. The van der Waals surface area contributed by atoms with Crippen LogP contribution in [0.2, 0.25) is 0 Å². The van der Waals surface area contributed by atoms with Gasteiger partial charge in [-0.3, -0.25) is 23.3 Å². The molecule has 0 unspecified atom stereocenters. The zero-order valence-corrected chi connectivity index (χ0v) is 28.6. The summed E-state index contributed by atoms with van der Waals surface area (Å²) in [6.07, 6.45) is 2.39. The Hall–Kier alpha value is -6.06. The minimum absolute atomic E-state index is 0.0770. The van der Waals surface area contributed by atoms with Gasteiger partial charge < -0.3 is 20.2 Å². The summed E-state index contributed by atoms with van der Waals surface area (Å²) in [5, 5.41) is 11.4. The topological polar surface area (TPSA) is 128 Å². The normalized spacial score (nSPS) is 14.9. The van der Waals surface area contributed by atoms with Gasteiger partial charge in [-0.1, -0.05) is 18.2 Å². The molecule has 8 rings (SSSR count). The van der Waals surface area contributed by atoms with Crippen molar-refractivity contribution < 1.29 is 32.7 Å². The third-order valence-electron chi connectivity index (χ3n) is 9.34. The lowest BCUT2D eigenvalue weighted by atomic mass is 10.1. The number of hydrogen-bond acceptors (Lipinski definition) is 7. The fraction of sp³-hybridized carbons (Fsp3) is 0.237. The summed E-state index contributed by atoms with van der Waals surface area (Å²) in [4.78, 5) is 51.5. The van der Waals surface area contributed by atoms with E-state index in [2.05, 4.69) is 25.1 Å². The summed E-state index contributed by atoms with van der Waals surface area (Å²) in [6, 6.07) is 19.5. The fourth-order valence-corrected chi connectivity index (χ4v) is 6.54. The van der Waals surface area contributed by atoms with Crippen LogP contribution in [0.5, 0.6) is 0 Å². The van der Waals surface area contributed by atoms with Crippen LogP contribution in [0.4, 0.5) is 24.5 Å². The Morgan fingerprint density at radius 2 is 1.47 bits per heavy atom. The molecule has 4 aromatic heterocycles. The molecule has 0 aliphatic carbocycles. The lowest BCUT2D eigenvalue weighted by Crippen LogP contribution is -2.43. The van der Waals surface area contributed by atoms with Gasteiger partial charge in [0.1, 0.15) is 17.0 Å². The number of likely N-dealkylation sites (N-methyl/N-ethyl adjacent to an activating group) is 1. The summed E-state index contributed by atoms with van der Waals surface area (Å²) >= 11 is 0. The molecule has 2 N–H and O–H groups in total. The number of nitrogens with one attached hydrogen (secondary N) is 1. The number of rotatable bonds is 6. The average molecular weight is 725 g/mol. The fourth-order valence-electron chi connectivity index (χ4n) is 6.54. The molecule has 0 atom stereocenters. The Morgan fingerprint density at radius 1 is 0.811 bits per heavy atom. The molecular formula is C38H35F3N8O4. The molecule has 0 radical (unpaired) electrons. The maximum atomic E-state index is 13.7. The van der Waals surface area contributed by atoms with E-state index in [1.165, 1.54) is 16.8 Å². The standard InChI is InChI=1S/C30H29F3N6O2.C8H6N2O2/c1-36-10-12-37(13-11-36)19-20-14-23(30(31,32)33)17-24(15-20)35-28(40)22-6-5-21-7-9-39(25(21)16-22)29(41)26-18-34-27-4-2-3-8-38(26)27;11-8(12)6-5-9-7-3-1-2-4-10(6)7/h2-6,8,14-18H,7,9-13,19H2,1H3,(H,35,40);1-5H,(H,11,12). The van der Waals surface area contributed by atoms with Gasteiger partial charge in [-0.25, -0.2) is 14.8 Å². The third-order valence-corrected chi connectivity index (χ3v) is 9.34. The Balaban J connectivity index is 0.000000306. The van der Waals surface area contributed by atoms with Crippen molar-refractivity contribution in [3.05, 3.63) is 131 Å². The maximum absolute atomic E-state index is 13.7. The molecule has 2 aliphatic heterocycles. The van der Waals surface area contributed by atoms with Crippen LogP contribution in [0.15, 0.2) is 97.6 Å². The van der Waals surface area contributed by atoms with Gasteiger partial charge in [-0.05, 0) is 79.2 Å². The van der Waals surface area contributed by atoms with E-state index in [1.54, 1.807) is 58.1 Å². The molecule has 15 heteroatoms. The summed E-state index contributed by atoms with van der Waals surface area (Å²) in [7, 11) is 2.02. The van der Waals surface area contributed by atoms with Crippen LogP contribution >= 0.6 is 0 Å². The molecule has 0 saturated carbocycles. The predicted octanol–water partition coefficient (Wildman–Crippen LogP) is 5.59. The van der Waals surface area contributed by atoms with Crippen molar-refractivity contribution in [2.75, 3.05) is 50.0 Å². The molecular weight excluding hydrogens is 689 g/mol. The molecule has 272 valence electrons. The van der Waals surface area contributed by atoms with Crippen molar-refractivity contribution >= 4 is 40.5 Å². The summed E-state index contributed by atoms with van der Waals surface area (Å²) in [5.41, 5.74) is 3.41.